The molecule has 2 unspecified atom stereocenters. The van der Waals surface area contributed by atoms with Crippen LogP contribution in [-0.4, -0.2) is 77.4 Å². The molecule has 10 nitrogen and oxygen atoms in total. The van der Waals surface area contributed by atoms with Crippen molar-refractivity contribution in [1.82, 2.24) is 19.9 Å². The minimum atomic E-state index is -4.95. The lowest BCUT2D eigenvalue weighted by atomic mass is 10.0. The van der Waals surface area contributed by atoms with Crippen molar-refractivity contribution in [3.8, 4) is 0 Å². The zero-order valence-electron chi connectivity index (χ0n) is 23.6. The monoisotopic (exact) mass is 599 g/mol. The van der Waals surface area contributed by atoms with Crippen LogP contribution >= 0.6 is 0 Å². The molecule has 0 bridgehead atoms. The number of alkyl halides is 3. The molecule has 2 aromatic heterocycles. The fraction of sp³-hybridized carbons (Fsp3) is 0.345. The predicted octanol–water partition coefficient (Wildman–Crippen LogP) is 3.82. The highest BCUT2D eigenvalue weighted by Gasteiger charge is 2.36. The first-order valence-corrected chi connectivity index (χ1v) is 13.5. The average Bonchev–Trinajstić information content (AvgIpc) is 3.46. The minimum Gasteiger partial charge on any atom is -0.367 e. The Kier molecular flexibility index (Phi) is 8.06. The van der Waals surface area contributed by atoms with E-state index in [1.54, 1.807) is 11.0 Å². The standard InChI is InChI=1S/C29H29F4N7O3/c1-16-12-40(13-17(2)38(16)3)25-8-23(30)20(19-4-5-39(14-19)28-35-9-18(15-41)10-36-28)6-24(25)37-27(43)21-11-34-26(42)7-22(21)29(31,32)33/h4,6-11,15-17H,5,12-14H2,1-3H3,(H,34,42)(H,37,43). The van der Waals surface area contributed by atoms with E-state index in [4.69, 9.17) is 0 Å². The second-order valence-corrected chi connectivity index (χ2v) is 10.7. The zero-order valence-corrected chi connectivity index (χ0v) is 23.6. The van der Waals surface area contributed by atoms with Crippen LogP contribution in [0.5, 0.6) is 0 Å². The van der Waals surface area contributed by atoms with Crippen molar-refractivity contribution in [3.05, 3.63) is 81.3 Å². The van der Waals surface area contributed by atoms with Gasteiger partial charge in [0.1, 0.15) is 5.82 Å². The molecular weight excluding hydrogens is 570 g/mol. The van der Waals surface area contributed by atoms with Crippen LogP contribution in [0.3, 0.4) is 0 Å². The Morgan fingerprint density at radius 1 is 1.09 bits per heavy atom. The van der Waals surface area contributed by atoms with E-state index < -0.39 is 34.6 Å². The number of hydrogen-bond donors (Lipinski definition) is 2. The first kappa shape index (κ1) is 29.9. The molecule has 226 valence electrons. The number of anilines is 3. The summed E-state index contributed by atoms with van der Waals surface area (Å²) in [7, 11) is 1.97. The first-order valence-electron chi connectivity index (χ1n) is 13.5. The number of carbonyl (C=O) groups excluding carboxylic acids is 2. The smallest absolute Gasteiger partial charge is 0.367 e. The van der Waals surface area contributed by atoms with Gasteiger partial charge in [-0.2, -0.15) is 13.2 Å². The molecule has 1 saturated heterocycles. The van der Waals surface area contributed by atoms with Gasteiger partial charge in [0.15, 0.2) is 6.29 Å². The van der Waals surface area contributed by atoms with E-state index in [-0.39, 0.29) is 29.9 Å². The van der Waals surface area contributed by atoms with Crippen LogP contribution in [0, 0.1) is 5.82 Å². The van der Waals surface area contributed by atoms with E-state index in [0.717, 1.165) is 6.20 Å². The SMILES string of the molecule is CC1CN(c2cc(F)c(C3=CCN(c4ncc(C=O)cn4)C3)cc2NC(=O)c2c[nH]c(=O)cc2C(F)(F)F)CC(C)N1C. The third kappa shape index (κ3) is 6.14. The summed E-state index contributed by atoms with van der Waals surface area (Å²) in [4.78, 5) is 52.2. The number of halogens is 4. The predicted molar refractivity (Wildman–Crippen MR) is 153 cm³/mol. The summed E-state index contributed by atoms with van der Waals surface area (Å²) in [6.07, 6.45) is 0.907. The Balaban J connectivity index is 1.52. The number of carbonyl (C=O) groups is 2. The van der Waals surface area contributed by atoms with Gasteiger partial charge in [-0.25, -0.2) is 14.4 Å². The van der Waals surface area contributed by atoms with Crippen LogP contribution in [0.25, 0.3) is 5.57 Å². The maximum atomic E-state index is 15.8. The van der Waals surface area contributed by atoms with Gasteiger partial charge in [-0.15, -0.1) is 0 Å². The molecule has 14 heteroatoms. The lowest BCUT2D eigenvalue weighted by Crippen LogP contribution is -2.55. The average molecular weight is 600 g/mol. The maximum Gasteiger partial charge on any atom is 0.417 e. The quantitative estimate of drug-likeness (QED) is 0.325. The van der Waals surface area contributed by atoms with E-state index >= 15 is 4.39 Å². The first-order chi connectivity index (χ1) is 20.3. The van der Waals surface area contributed by atoms with E-state index in [2.05, 4.69) is 25.2 Å². The summed E-state index contributed by atoms with van der Waals surface area (Å²) >= 11 is 0. The van der Waals surface area contributed by atoms with Crippen molar-refractivity contribution >= 4 is 35.1 Å². The van der Waals surface area contributed by atoms with Crippen molar-refractivity contribution in [2.75, 3.05) is 48.3 Å². The highest BCUT2D eigenvalue weighted by molar-refractivity contribution is 6.07. The summed E-state index contributed by atoms with van der Waals surface area (Å²) < 4.78 is 57.0. The van der Waals surface area contributed by atoms with E-state index in [1.165, 1.54) is 24.5 Å². The highest BCUT2D eigenvalue weighted by atomic mass is 19.4. The fourth-order valence-corrected chi connectivity index (χ4v) is 5.31. The van der Waals surface area contributed by atoms with Gasteiger partial charge < -0.3 is 20.1 Å². The normalized spacial score (nSPS) is 19.4. The summed E-state index contributed by atoms with van der Waals surface area (Å²) in [5.74, 6) is -1.35. The number of aromatic nitrogens is 3. The molecule has 1 amide bonds. The molecule has 0 radical (unpaired) electrons. The fourth-order valence-electron chi connectivity index (χ4n) is 5.31. The topological polar surface area (TPSA) is 115 Å². The van der Waals surface area contributed by atoms with Gasteiger partial charge >= 0.3 is 6.18 Å². The molecule has 0 aliphatic carbocycles. The lowest BCUT2D eigenvalue weighted by Gasteiger charge is -2.44. The molecule has 43 heavy (non-hydrogen) atoms. The third-order valence-electron chi connectivity index (χ3n) is 7.85. The van der Waals surface area contributed by atoms with Crippen LogP contribution in [0.2, 0.25) is 0 Å². The number of piperazine rings is 1. The van der Waals surface area contributed by atoms with Gasteiger partial charge in [0.25, 0.3) is 5.91 Å². The Labute approximate surface area is 244 Å². The molecule has 1 fully saturated rings. The van der Waals surface area contributed by atoms with Gasteiger partial charge in [0.05, 0.1) is 28.1 Å². The molecule has 2 aliphatic heterocycles. The van der Waals surface area contributed by atoms with Crippen LogP contribution in [0.15, 0.2) is 47.7 Å². The summed E-state index contributed by atoms with van der Waals surface area (Å²) in [6.45, 7) is 5.54. The number of H-pyrrole nitrogens is 1. The number of hydrogen-bond acceptors (Lipinski definition) is 8. The second-order valence-electron chi connectivity index (χ2n) is 10.7. The number of pyridine rings is 1. The largest absolute Gasteiger partial charge is 0.417 e. The number of aromatic amines is 1. The lowest BCUT2D eigenvalue weighted by molar-refractivity contribution is -0.138. The number of likely N-dealkylation sites (N-methyl/N-ethyl adjacent to an activating group) is 1. The third-order valence-corrected chi connectivity index (χ3v) is 7.85. The Bertz CT molecular complexity index is 1630. The van der Waals surface area contributed by atoms with Gasteiger partial charge in [0, 0.05) is 68.5 Å². The van der Waals surface area contributed by atoms with Gasteiger partial charge in [-0.3, -0.25) is 19.3 Å². The van der Waals surface area contributed by atoms with E-state index in [9.17, 15) is 27.6 Å². The summed E-state index contributed by atoms with van der Waals surface area (Å²) in [6, 6.07) is 3.18. The number of rotatable bonds is 6. The minimum absolute atomic E-state index is 0.0720. The number of benzene rings is 1. The Morgan fingerprint density at radius 3 is 2.40 bits per heavy atom. The molecule has 3 aromatic rings. The van der Waals surface area contributed by atoms with Crippen molar-refractivity contribution in [2.24, 2.45) is 0 Å². The van der Waals surface area contributed by atoms with Crippen molar-refractivity contribution in [2.45, 2.75) is 32.1 Å². The molecule has 0 saturated carbocycles. The van der Waals surface area contributed by atoms with Gasteiger partial charge in [-0.05, 0) is 38.6 Å². The zero-order chi connectivity index (χ0) is 31.1. The van der Waals surface area contributed by atoms with Gasteiger partial charge in [0.2, 0.25) is 11.5 Å². The number of nitrogens with one attached hydrogen (secondary N) is 2. The number of nitrogens with zero attached hydrogens (tertiary/aromatic N) is 5. The molecule has 0 spiro atoms. The number of aldehydes is 1. The summed E-state index contributed by atoms with van der Waals surface area (Å²) in [5.41, 5.74) is -1.70. The molecule has 1 aromatic carbocycles. The van der Waals surface area contributed by atoms with Crippen LogP contribution in [0.4, 0.5) is 34.9 Å². The molecule has 5 rings (SSSR count). The van der Waals surface area contributed by atoms with E-state index in [0.29, 0.717) is 54.8 Å². The van der Waals surface area contributed by atoms with Crippen LogP contribution in [-0.2, 0) is 6.18 Å². The molecule has 2 N–H and O–H groups in total. The molecule has 4 heterocycles. The van der Waals surface area contributed by atoms with Crippen molar-refractivity contribution in [3.63, 3.8) is 0 Å². The van der Waals surface area contributed by atoms with Gasteiger partial charge in [-0.1, -0.05) is 6.08 Å². The Morgan fingerprint density at radius 2 is 1.77 bits per heavy atom. The molecular formula is C29H29F4N7O3. The molecule has 2 atom stereocenters. The maximum absolute atomic E-state index is 15.8. The molecule has 2 aliphatic rings. The van der Waals surface area contributed by atoms with Crippen molar-refractivity contribution < 1.29 is 27.2 Å². The highest BCUT2D eigenvalue weighted by Crippen LogP contribution is 2.37. The van der Waals surface area contributed by atoms with Crippen LogP contribution < -0.4 is 20.7 Å². The second kappa shape index (κ2) is 11.6. The van der Waals surface area contributed by atoms with E-state index in [1.807, 2.05) is 25.8 Å². The number of amides is 1. The van der Waals surface area contributed by atoms with Crippen LogP contribution in [0.1, 0.15) is 45.7 Å². The summed E-state index contributed by atoms with van der Waals surface area (Å²) in [5, 5.41) is 2.56. The van der Waals surface area contributed by atoms with Crippen molar-refractivity contribution in [1.29, 1.82) is 0 Å². The Hall–Kier alpha value is -4.59.